The second-order valence-electron chi connectivity index (χ2n) is 7.20. The Morgan fingerprint density at radius 3 is 2.48 bits per heavy atom. The minimum absolute atomic E-state index is 0.161. The maximum absolute atomic E-state index is 13.2. The van der Waals surface area contributed by atoms with Gasteiger partial charge in [-0.25, -0.2) is 0 Å². The first-order valence-corrected chi connectivity index (χ1v) is 10.0. The van der Waals surface area contributed by atoms with Crippen molar-refractivity contribution >= 4 is 40.7 Å². The van der Waals surface area contributed by atoms with E-state index < -0.39 is 6.04 Å². The molecule has 7 heteroatoms. The van der Waals surface area contributed by atoms with Gasteiger partial charge in [0.2, 0.25) is 11.8 Å². The molecule has 0 saturated heterocycles. The molecule has 1 atom stereocenters. The number of aromatic nitrogens is 1. The Morgan fingerprint density at radius 1 is 1.07 bits per heavy atom. The van der Waals surface area contributed by atoms with Gasteiger partial charge in [-0.2, -0.15) is 0 Å². The van der Waals surface area contributed by atoms with Gasteiger partial charge in [0, 0.05) is 28.0 Å². The molecule has 27 heavy (non-hydrogen) atoms. The highest BCUT2D eigenvalue weighted by Crippen LogP contribution is 2.35. The van der Waals surface area contributed by atoms with Crippen LogP contribution >= 0.6 is 23.2 Å². The quantitative estimate of drug-likeness (QED) is 0.825. The number of carbonyl (C=O) groups excluding carboxylic acids is 2. The molecule has 0 spiro atoms. The number of nitrogens with zero attached hydrogens (tertiary/aromatic N) is 2. The summed E-state index contributed by atoms with van der Waals surface area (Å²) in [5.74, 6) is -0.327. The van der Waals surface area contributed by atoms with Crippen LogP contribution in [0.3, 0.4) is 0 Å². The van der Waals surface area contributed by atoms with Crippen LogP contribution in [0.5, 0.6) is 0 Å². The van der Waals surface area contributed by atoms with Crippen LogP contribution in [0.2, 0.25) is 10.0 Å². The van der Waals surface area contributed by atoms with Gasteiger partial charge in [0.05, 0.1) is 5.69 Å². The predicted molar refractivity (Wildman–Crippen MR) is 106 cm³/mol. The molecular weight excluding hydrogens is 385 g/mol. The molecule has 5 nitrogen and oxygen atoms in total. The number of fused-ring (bicyclic) bond motifs is 1. The fourth-order valence-electron chi connectivity index (χ4n) is 4.07. The van der Waals surface area contributed by atoms with E-state index in [1.54, 1.807) is 18.2 Å². The first kappa shape index (κ1) is 18.4. The normalized spacial score (nSPS) is 20.4. The van der Waals surface area contributed by atoms with Crippen molar-refractivity contribution in [2.24, 2.45) is 0 Å². The van der Waals surface area contributed by atoms with E-state index in [1.807, 2.05) is 22.9 Å². The van der Waals surface area contributed by atoms with E-state index in [-0.39, 0.29) is 24.4 Å². The summed E-state index contributed by atoms with van der Waals surface area (Å²) in [6.07, 6.45) is 7.25. The minimum Gasteiger partial charge on any atom is -0.351 e. The summed E-state index contributed by atoms with van der Waals surface area (Å²) in [6, 6.07) is 8.12. The first-order chi connectivity index (χ1) is 13.0. The number of nitrogens with one attached hydrogen (secondary N) is 1. The van der Waals surface area contributed by atoms with Gasteiger partial charge >= 0.3 is 0 Å². The molecule has 1 saturated carbocycles. The SMILES string of the molecule is O=C(NC1CCCCC1)[C@@H]1c2cccn2CC(=O)N1c1cc(Cl)cc(Cl)c1. The van der Waals surface area contributed by atoms with Gasteiger partial charge in [0.1, 0.15) is 6.54 Å². The summed E-state index contributed by atoms with van der Waals surface area (Å²) in [5, 5.41) is 4.01. The topological polar surface area (TPSA) is 54.3 Å². The molecule has 0 unspecified atom stereocenters. The molecule has 0 radical (unpaired) electrons. The molecule has 1 fully saturated rings. The lowest BCUT2D eigenvalue weighted by Crippen LogP contribution is -2.51. The molecule has 142 valence electrons. The van der Waals surface area contributed by atoms with Crippen LogP contribution in [0.25, 0.3) is 0 Å². The van der Waals surface area contributed by atoms with Crippen molar-refractivity contribution < 1.29 is 9.59 Å². The number of hydrogen-bond acceptors (Lipinski definition) is 2. The van der Waals surface area contributed by atoms with Crippen LogP contribution in [0.15, 0.2) is 36.5 Å². The maximum atomic E-state index is 13.2. The Morgan fingerprint density at radius 2 is 1.78 bits per heavy atom. The number of rotatable bonds is 3. The summed E-state index contributed by atoms with van der Waals surface area (Å²) < 4.78 is 1.83. The largest absolute Gasteiger partial charge is 0.351 e. The van der Waals surface area contributed by atoms with Crippen molar-refractivity contribution in [2.75, 3.05) is 4.90 Å². The summed E-state index contributed by atoms with van der Waals surface area (Å²) in [5.41, 5.74) is 1.33. The number of carbonyl (C=O) groups is 2. The van der Waals surface area contributed by atoms with Gasteiger partial charge in [-0.1, -0.05) is 42.5 Å². The third-order valence-electron chi connectivity index (χ3n) is 5.30. The molecule has 4 rings (SSSR count). The Kier molecular flexibility index (Phi) is 5.15. The number of amides is 2. The van der Waals surface area contributed by atoms with E-state index in [0.29, 0.717) is 15.7 Å². The summed E-state index contributed by atoms with van der Waals surface area (Å²) in [4.78, 5) is 27.7. The average molecular weight is 406 g/mol. The smallest absolute Gasteiger partial charge is 0.249 e. The fraction of sp³-hybridized carbons (Fsp3) is 0.400. The Balaban J connectivity index is 1.71. The van der Waals surface area contributed by atoms with E-state index in [1.165, 1.54) is 11.3 Å². The third kappa shape index (κ3) is 3.71. The minimum atomic E-state index is -0.738. The molecule has 2 heterocycles. The fourth-order valence-corrected chi connectivity index (χ4v) is 4.58. The molecule has 0 bridgehead atoms. The highest BCUT2D eigenvalue weighted by molar-refractivity contribution is 6.35. The lowest BCUT2D eigenvalue weighted by Gasteiger charge is -2.37. The molecule has 1 aliphatic heterocycles. The van der Waals surface area contributed by atoms with Crippen molar-refractivity contribution in [3.05, 3.63) is 52.3 Å². The summed E-state index contributed by atoms with van der Waals surface area (Å²) in [6.45, 7) is 0.180. The molecule has 1 N–H and O–H groups in total. The number of hydrogen-bond donors (Lipinski definition) is 1. The predicted octanol–water partition coefficient (Wildman–Crippen LogP) is 4.33. The first-order valence-electron chi connectivity index (χ1n) is 9.26. The van der Waals surface area contributed by atoms with E-state index in [0.717, 1.165) is 31.4 Å². The summed E-state index contributed by atoms with van der Waals surface area (Å²) >= 11 is 12.3. The van der Waals surface area contributed by atoms with Crippen molar-refractivity contribution in [1.29, 1.82) is 0 Å². The van der Waals surface area contributed by atoms with Crippen LogP contribution in [-0.2, 0) is 16.1 Å². The number of benzene rings is 1. The van der Waals surface area contributed by atoms with Crippen LogP contribution < -0.4 is 10.2 Å². The van der Waals surface area contributed by atoms with E-state index in [2.05, 4.69) is 5.32 Å². The van der Waals surface area contributed by atoms with Crippen molar-refractivity contribution in [1.82, 2.24) is 9.88 Å². The monoisotopic (exact) mass is 405 g/mol. The van der Waals surface area contributed by atoms with Crippen LogP contribution in [0, 0.1) is 0 Å². The van der Waals surface area contributed by atoms with Crippen LogP contribution in [0.4, 0.5) is 5.69 Å². The van der Waals surface area contributed by atoms with Crippen molar-refractivity contribution in [3.63, 3.8) is 0 Å². The van der Waals surface area contributed by atoms with Gasteiger partial charge in [-0.3, -0.25) is 14.5 Å². The second-order valence-corrected chi connectivity index (χ2v) is 8.07. The van der Waals surface area contributed by atoms with Gasteiger partial charge in [-0.05, 0) is 43.2 Å². The lowest BCUT2D eigenvalue weighted by molar-refractivity contribution is -0.128. The van der Waals surface area contributed by atoms with Crippen LogP contribution in [0.1, 0.15) is 43.8 Å². The van der Waals surface area contributed by atoms with E-state index in [9.17, 15) is 9.59 Å². The van der Waals surface area contributed by atoms with Gasteiger partial charge in [-0.15, -0.1) is 0 Å². The zero-order valence-electron chi connectivity index (χ0n) is 14.8. The molecule has 2 aliphatic rings. The molecular formula is C20H21Cl2N3O2. The standard InChI is InChI=1S/C20H21Cl2N3O2/c21-13-9-14(22)11-16(10-13)25-18(26)12-24-8-4-7-17(24)19(25)20(27)23-15-5-2-1-3-6-15/h4,7-11,15,19H,1-3,5-6,12H2,(H,23,27)/t19-/m0/s1. The maximum Gasteiger partial charge on any atom is 0.249 e. The Labute approximate surface area is 168 Å². The average Bonchev–Trinajstić information content (AvgIpc) is 3.08. The Hall–Kier alpha value is -1.98. The van der Waals surface area contributed by atoms with E-state index in [4.69, 9.17) is 23.2 Å². The van der Waals surface area contributed by atoms with Crippen molar-refractivity contribution in [2.45, 2.75) is 50.7 Å². The van der Waals surface area contributed by atoms with Gasteiger partial charge in [0.15, 0.2) is 6.04 Å². The molecule has 2 amide bonds. The van der Waals surface area contributed by atoms with Crippen LogP contribution in [-0.4, -0.2) is 22.4 Å². The number of halogens is 2. The Bertz CT molecular complexity index is 854. The summed E-state index contributed by atoms with van der Waals surface area (Å²) in [7, 11) is 0. The zero-order valence-corrected chi connectivity index (χ0v) is 16.3. The van der Waals surface area contributed by atoms with Gasteiger partial charge in [0.25, 0.3) is 0 Å². The molecule has 1 aromatic carbocycles. The third-order valence-corrected chi connectivity index (χ3v) is 5.74. The van der Waals surface area contributed by atoms with E-state index >= 15 is 0 Å². The highest BCUT2D eigenvalue weighted by atomic mass is 35.5. The molecule has 2 aromatic rings. The zero-order chi connectivity index (χ0) is 19.0. The van der Waals surface area contributed by atoms with Crippen molar-refractivity contribution in [3.8, 4) is 0 Å². The molecule has 1 aromatic heterocycles. The second kappa shape index (κ2) is 7.56. The highest BCUT2D eigenvalue weighted by Gasteiger charge is 2.39. The molecule has 1 aliphatic carbocycles. The lowest BCUT2D eigenvalue weighted by atomic mass is 9.95. The van der Waals surface area contributed by atoms with Gasteiger partial charge < -0.3 is 9.88 Å². The number of anilines is 1.